The van der Waals surface area contributed by atoms with E-state index in [1.54, 1.807) is 0 Å². The van der Waals surface area contributed by atoms with Crippen molar-refractivity contribution in [3.8, 4) is 0 Å². The highest BCUT2D eigenvalue weighted by Gasteiger charge is 2.34. The summed E-state index contributed by atoms with van der Waals surface area (Å²) in [6.07, 6.45) is 7.86. The molecule has 0 aromatic heterocycles. The summed E-state index contributed by atoms with van der Waals surface area (Å²) >= 11 is 0. The van der Waals surface area contributed by atoms with Crippen molar-refractivity contribution < 1.29 is 5.11 Å². The Labute approximate surface area is 135 Å². The number of unbranched alkanes of at least 4 members (excludes halogenated alkanes) is 1. The van der Waals surface area contributed by atoms with Crippen molar-refractivity contribution in [2.24, 2.45) is 4.99 Å². The minimum absolute atomic E-state index is 0.506. The number of guanidine groups is 1. The zero-order valence-electron chi connectivity index (χ0n) is 14.4. The first-order valence-corrected chi connectivity index (χ1v) is 9.15. The number of aliphatic imine (C=N–C) groups is 1. The van der Waals surface area contributed by atoms with Crippen LogP contribution in [0.2, 0.25) is 0 Å². The number of aliphatic hydroxyl groups is 1. The van der Waals surface area contributed by atoms with E-state index in [2.05, 4.69) is 34.4 Å². The standard InChI is InChI=1S/C17H34N4O/c1-3-5-11-21-12-7-15(8-13-21)20-16(18-4-2)19-14-17(22)9-6-10-17/h15,22H,3-14H2,1-2H3,(H2,18,19,20). The fraction of sp³-hybridized carbons (Fsp3) is 0.941. The summed E-state index contributed by atoms with van der Waals surface area (Å²) in [6, 6.07) is 0.506. The van der Waals surface area contributed by atoms with Crippen LogP contribution in [-0.4, -0.2) is 60.3 Å². The van der Waals surface area contributed by atoms with E-state index in [1.165, 1.54) is 45.3 Å². The van der Waals surface area contributed by atoms with Gasteiger partial charge in [-0.15, -0.1) is 0 Å². The van der Waals surface area contributed by atoms with Crippen LogP contribution in [0.3, 0.4) is 0 Å². The quantitative estimate of drug-likeness (QED) is 0.495. The van der Waals surface area contributed by atoms with Gasteiger partial charge in [-0.25, -0.2) is 0 Å². The zero-order chi connectivity index (χ0) is 15.8. The second kappa shape index (κ2) is 8.73. The Kier molecular flexibility index (Phi) is 6.96. The Morgan fingerprint density at radius 3 is 2.55 bits per heavy atom. The molecular weight excluding hydrogens is 276 g/mol. The Morgan fingerprint density at radius 1 is 1.27 bits per heavy atom. The number of piperidine rings is 1. The molecule has 2 rings (SSSR count). The summed E-state index contributed by atoms with van der Waals surface area (Å²) < 4.78 is 0. The highest BCUT2D eigenvalue weighted by molar-refractivity contribution is 5.80. The van der Waals surface area contributed by atoms with Gasteiger partial charge < -0.3 is 20.6 Å². The normalized spacial score (nSPS) is 23.1. The van der Waals surface area contributed by atoms with Gasteiger partial charge in [0.15, 0.2) is 5.96 Å². The van der Waals surface area contributed by atoms with Crippen molar-refractivity contribution in [1.82, 2.24) is 15.5 Å². The Hall–Kier alpha value is -0.810. The maximum Gasteiger partial charge on any atom is 0.191 e. The molecule has 0 bridgehead atoms. The third-order valence-corrected chi connectivity index (χ3v) is 4.92. The van der Waals surface area contributed by atoms with Gasteiger partial charge in [-0.3, -0.25) is 4.99 Å². The number of rotatable bonds is 7. The zero-order valence-corrected chi connectivity index (χ0v) is 14.4. The summed E-state index contributed by atoms with van der Waals surface area (Å²) in [5.41, 5.74) is -0.536. The number of hydrogen-bond acceptors (Lipinski definition) is 3. The molecular formula is C17H34N4O. The predicted molar refractivity (Wildman–Crippen MR) is 92.3 cm³/mol. The van der Waals surface area contributed by atoms with E-state index >= 15 is 0 Å². The number of nitrogens with zero attached hydrogens (tertiary/aromatic N) is 2. The Morgan fingerprint density at radius 2 is 2.00 bits per heavy atom. The van der Waals surface area contributed by atoms with Crippen molar-refractivity contribution in [2.75, 3.05) is 32.7 Å². The van der Waals surface area contributed by atoms with Gasteiger partial charge in [-0.1, -0.05) is 13.3 Å². The molecule has 2 fully saturated rings. The SMILES string of the molecule is CCCCN1CCC(NC(=NCC2(O)CCC2)NCC)CC1. The van der Waals surface area contributed by atoms with Crippen molar-refractivity contribution in [3.63, 3.8) is 0 Å². The lowest BCUT2D eigenvalue weighted by Gasteiger charge is -2.36. The van der Waals surface area contributed by atoms with Crippen LogP contribution in [0.1, 0.15) is 58.8 Å². The number of likely N-dealkylation sites (tertiary alicyclic amines) is 1. The highest BCUT2D eigenvalue weighted by Crippen LogP contribution is 2.31. The van der Waals surface area contributed by atoms with E-state index < -0.39 is 5.60 Å². The monoisotopic (exact) mass is 310 g/mol. The topological polar surface area (TPSA) is 59.9 Å². The van der Waals surface area contributed by atoms with Gasteiger partial charge in [0.05, 0.1) is 12.1 Å². The highest BCUT2D eigenvalue weighted by atomic mass is 16.3. The maximum atomic E-state index is 10.2. The molecule has 128 valence electrons. The number of nitrogens with one attached hydrogen (secondary N) is 2. The minimum atomic E-state index is -0.536. The molecule has 22 heavy (non-hydrogen) atoms. The van der Waals surface area contributed by atoms with E-state index in [0.29, 0.717) is 12.6 Å². The molecule has 5 nitrogen and oxygen atoms in total. The molecule has 0 unspecified atom stereocenters. The van der Waals surface area contributed by atoms with Gasteiger partial charge >= 0.3 is 0 Å². The van der Waals surface area contributed by atoms with Gasteiger partial charge in [0.1, 0.15) is 0 Å². The molecule has 5 heteroatoms. The lowest BCUT2D eigenvalue weighted by atomic mass is 9.80. The van der Waals surface area contributed by atoms with E-state index in [0.717, 1.165) is 31.8 Å². The van der Waals surface area contributed by atoms with Gasteiger partial charge in [0, 0.05) is 25.7 Å². The van der Waals surface area contributed by atoms with Crippen LogP contribution in [0.25, 0.3) is 0 Å². The average molecular weight is 310 g/mol. The second-order valence-corrected chi connectivity index (χ2v) is 6.89. The van der Waals surface area contributed by atoms with Crippen molar-refractivity contribution in [1.29, 1.82) is 0 Å². The first kappa shape index (κ1) is 17.5. The van der Waals surface area contributed by atoms with E-state index in [4.69, 9.17) is 0 Å². The van der Waals surface area contributed by atoms with Gasteiger partial charge in [-0.05, 0) is 52.0 Å². The molecule has 0 radical (unpaired) electrons. The van der Waals surface area contributed by atoms with Crippen molar-refractivity contribution >= 4 is 5.96 Å². The summed E-state index contributed by atoms with van der Waals surface area (Å²) in [6.45, 7) is 9.33. The van der Waals surface area contributed by atoms with E-state index in [9.17, 15) is 5.11 Å². The molecule has 1 saturated carbocycles. The third-order valence-electron chi connectivity index (χ3n) is 4.92. The van der Waals surface area contributed by atoms with Crippen molar-refractivity contribution in [3.05, 3.63) is 0 Å². The predicted octanol–water partition coefficient (Wildman–Crippen LogP) is 1.72. The fourth-order valence-electron chi connectivity index (χ4n) is 3.17. The summed E-state index contributed by atoms with van der Waals surface area (Å²) in [7, 11) is 0. The van der Waals surface area contributed by atoms with E-state index in [-0.39, 0.29) is 0 Å². The molecule has 0 aromatic rings. The van der Waals surface area contributed by atoms with Gasteiger partial charge in [0.25, 0.3) is 0 Å². The largest absolute Gasteiger partial charge is 0.388 e. The van der Waals surface area contributed by atoms with Gasteiger partial charge in [-0.2, -0.15) is 0 Å². The van der Waals surface area contributed by atoms with Crippen LogP contribution in [0.4, 0.5) is 0 Å². The molecule has 0 amide bonds. The summed E-state index contributed by atoms with van der Waals surface area (Å²) in [5, 5.41) is 17.0. The molecule has 3 N–H and O–H groups in total. The number of hydrogen-bond donors (Lipinski definition) is 3. The lowest BCUT2D eigenvalue weighted by Crippen LogP contribution is -2.49. The molecule has 1 saturated heterocycles. The molecule has 1 aliphatic carbocycles. The van der Waals surface area contributed by atoms with E-state index in [1.807, 2.05) is 0 Å². The van der Waals surface area contributed by atoms with Crippen LogP contribution >= 0.6 is 0 Å². The van der Waals surface area contributed by atoms with Crippen molar-refractivity contribution in [2.45, 2.75) is 70.4 Å². The van der Waals surface area contributed by atoms with Crippen LogP contribution in [-0.2, 0) is 0 Å². The van der Waals surface area contributed by atoms with Crippen LogP contribution in [0, 0.1) is 0 Å². The molecule has 0 spiro atoms. The van der Waals surface area contributed by atoms with Gasteiger partial charge in [0.2, 0.25) is 0 Å². The fourth-order valence-corrected chi connectivity index (χ4v) is 3.17. The second-order valence-electron chi connectivity index (χ2n) is 6.89. The first-order valence-electron chi connectivity index (χ1n) is 9.15. The molecule has 1 aliphatic heterocycles. The summed E-state index contributed by atoms with van der Waals surface area (Å²) in [5.74, 6) is 0.870. The van der Waals surface area contributed by atoms with Crippen LogP contribution in [0.5, 0.6) is 0 Å². The summed E-state index contributed by atoms with van der Waals surface area (Å²) in [4.78, 5) is 7.17. The third kappa shape index (κ3) is 5.43. The minimum Gasteiger partial charge on any atom is -0.388 e. The lowest BCUT2D eigenvalue weighted by molar-refractivity contribution is -0.0236. The smallest absolute Gasteiger partial charge is 0.191 e. The Bertz CT molecular complexity index is 347. The van der Waals surface area contributed by atoms with Crippen LogP contribution in [0.15, 0.2) is 4.99 Å². The molecule has 2 aliphatic rings. The molecule has 0 atom stereocenters. The maximum absolute atomic E-state index is 10.2. The molecule has 0 aromatic carbocycles. The molecule has 1 heterocycles. The Balaban J connectivity index is 1.75. The van der Waals surface area contributed by atoms with Crippen LogP contribution < -0.4 is 10.6 Å². The average Bonchev–Trinajstić information content (AvgIpc) is 2.50. The first-order chi connectivity index (χ1) is 10.6.